The molecule has 0 fully saturated rings. The average molecular weight is 245 g/mol. The molecule has 0 saturated carbocycles. The first-order chi connectivity index (χ1) is 8.72. The van der Waals surface area contributed by atoms with Crippen molar-refractivity contribution in [3.05, 3.63) is 54.0 Å². The van der Waals surface area contributed by atoms with Crippen LogP contribution in [0.25, 0.3) is 0 Å². The van der Waals surface area contributed by atoms with Gasteiger partial charge in [0.25, 0.3) is 0 Å². The smallest absolute Gasteiger partial charge is 0.123 e. The van der Waals surface area contributed by atoms with E-state index in [1.807, 2.05) is 30.3 Å². The SMILES string of the molecule is COc1ccccc1C(C)N[C@@H](C)c1ccco1. The Kier molecular flexibility index (Phi) is 4.05. The Morgan fingerprint density at radius 1 is 1.06 bits per heavy atom. The zero-order valence-electron chi connectivity index (χ0n) is 11.0. The summed E-state index contributed by atoms with van der Waals surface area (Å²) < 4.78 is 10.8. The minimum atomic E-state index is 0.167. The fourth-order valence-corrected chi connectivity index (χ4v) is 2.11. The maximum absolute atomic E-state index is 5.39. The van der Waals surface area contributed by atoms with Crippen molar-refractivity contribution in [1.29, 1.82) is 0 Å². The second-order valence-corrected chi connectivity index (χ2v) is 4.37. The minimum Gasteiger partial charge on any atom is -0.496 e. The third-order valence-electron chi connectivity index (χ3n) is 3.08. The lowest BCUT2D eigenvalue weighted by Crippen LogP contribution is -2.22. The number of ether oxygens (including phenoxy) is 1. The lowest BCUT2D eigenvalue weighted by molar-refractivity contribution is 0.380. The van der Waals surface area contributed by atoms with E-state index in [9.17, 15) is 0 Å². The van der Waals surface area contributed by atoms with E-state index in [-0.39, 0.29) is 12.1 Å². The van der Waals surface area contributed by atoms with Gasteiger partial charge in [0, 0.05) is 11.6 Å². The summed E-state index contributed by atoms with van der Waals surface area (Å²) >= 11 is 0. The van der Waals surface area contributed by atoms with E-state index < -0.39 is 0 Å². The lowest BCUT2D eigenvalue weighted by Gasteiger charge is -2.20. The molecule has 18 heavy (non-hydrogen) atoms. The van der Waals surface area contributed by atoms with E-state index in [2.05, 4.69) is 25.2 Å². The van der Waals surface area contributed by atoms with Crippen molar-refractivity contribution in [2.24, 2.45) is 0 Å². The molecule has 2 rings (SSSR count). The van der Waals surface area contributed by atoms with Gasteiger partial charge in [-0.1, -0.05) is 18.2 Å². The Labute approximate surface area is 108 Å². The first kappa shape index (κ1) is 12.7. The van der Waals surface area contributed by atoms with E-state index in [0.717, 1.165) is 17.1 Å². The molecule has 0 aliphatic heterocycles. The van der Waals surface area contributed by atoms with Crippen molar-refractivity contribution < 1.29 is 9.15 Å². The summed E-state index contributed by atoms with van der Waals surface area (Å²) in [4.78, 5) is 0. The van der Waals surface area contributed by atoms with Crippen LogP contribution in [0, 0.1) is 0 Å². The van der Waals surface area contributed by atoms with Gasteiger partial charge >= 0.3 is 0 Å². The van der Waals surface area contributed by atoms with Crippen LogP contribution in [0.4, 0.5) is 0 Å². The van der Waals surface area contributed by atoms with Gasteiger partial charge in [-0.15, -0.1) is 0 Å². The first-order valence-corrected chi connectivity index (χ1v) is 6.14. The molecule has 1 heterocycles. The Morgan fingerprint density at radius 2 is 1.83 bits per heavy atom. The molecular weight excluding hydrogens is 226 g/mol. The van der Waals surface area contributed by atoms with Crippen molar-refractivity contribution in [3.8, 4) is 5.75 Å². The molecule has 2 atom stereocenters. The molecule has 1 aromatic heterocycles. The molecule has 1 N–H and O–H groups in total. The number of nitrogens with one attached hydrogen (secondary N) is 1. The molecule has 96 valence electrons. The van der Waals surface area contributed by atoms with Crippen LogP contribution in [-0.4, -0.2) is 7.11 Å². The zero-order valence-corrected chi connectivity index (χ0v) is 11.0. The highest BCUT2D eigenvalue weighted by Crippen LogP contribution is 2.26. The lowest BCUT2D eigenvalue weighted by atomic mass is 10.1. The highest BCUT2D eigenvalue weighted by Gasteiger charge is 2.15. The summed E-state index contributed by atoms with van der Waals surface area (Å²) in [6, 6.07) is 12.3. The monoisotopic (exact) mass is 245 g/mol. The van der Waals surface area contributed by atoms with Gasteiger partial charge < -0.3 is 14.5 Å². The molecule has 1 aromatic carbocycles. The number of rotatable bonds is 5. The van der Waals surface area contributed by atoms with E-state index >= 15 is 0 Å². The third-order valence-corrected chi connectivity index (χ3v) is 3.08. The normalized spacial score (nSPS) is 14.2. The van der Waals surface area contributed by atoms with Crippen LogP contribution >= 0.6 is 0 Å². The molecule has 1 unspecified atom stereocenters. The summed E-state index contributed by atoms with van der Waals surface area (Å²) in [6.45, 7) is 4.21. The molecular formula is C15H19NO2. The molecule has 0 saturated heterocycles. The molecule has 2 aromatic rings. The van der Waals surface area contributed by atoms with E-state index in [0.29, 0.717) is 0 Å². The predicted octanol–water partition coefficient (Wildman–Crippen LogP) is 3.70. The van der Waals surface area contributed by atoms with E-state index in [1.165, 1.54) is 0 Å². The maximum Gasteiger partial charge on any atom is 0.123 e. The molecule has 0 aliphatic rings. The Bertz CT molecular complexity index is 479. The van der Waals surface area contributed by atoms with Gasteiger partial charge in [0.1, 0.15) is 11.5 Å². The number of methoxy groups -OCH3 is 1. The van der Waals surface area contributed by atoms with Crippen LogP contribution in [0.5, 0.6) is 5.75 Å². The molecule has 3 heteroatoms. The Morgan fingerprint density at radius 3 is 2.50 bits per heavy atom. The molecule has 0 spiro atoms. The van der Waals surface area contributed by atoms with Gasteiger partial charge in [-0.2, -0.15) is 0 Å². The molecule has 3 nitrogen and oxygen atoms in total. The first-order valence-electron chi connectivity index (χ1n) is 6.14. The second kappa shape index (κ2) is 5.74. The molecule has 0 amide bonds. The predicted molar refractivity (Wildman–Crippen MR) is 71.7 cm³/mol. The summed E-state index contributed by atoms with van der Waals surface area (Å²) in [7, 11) is 1.70. The number of furan rings is 1. The summed E-state index contributed by atoms with van der Waals surface area (Å²) in [5.74, 6) is 1.85. The fraction of sp³-hybridized carbons (Fsp3) is 0.333. The molecule has 0 aliphatic carbocycles. The summed E-state index contributed by atoms with van der Waals surface area (Å²) in [5.41, 5.74) is 1.15. The summed E-state index contributed by atoms with van der Waals surface area (Å²) in [6.07, 6.45) is 1.70. The van der Waals surface area contributed by atoms with Crippen LogP contribution < -0.4 is 10.1 Å². The van der Waals surface area contributed by atoms with Gasteiger partial charge in [0.15, 0.2) is 0 Å². The third kappa shape index (κ3) is 2.74. The number of benzene rings is 1. The quantitative estimate of drug-likeness (QED) is 0.872. The van der Waals surface area contributed by atoms with Crippen molar-refractivity contribution >= 4 is 0 Å². The number of hydrogen-bond donors (Lipinski definition) is 1. The van der Waals surface area contributed by atoms with Gasteiger partial charge in [0.05, 0.1) is 19.4 Å². The Hall–Kier alpha value is -1.74. The zero-order chi connectivity index (χ0) is 13.0. The second-order valence-electron chi connectivity index (χ2n) is 4.37. The van der Waals surface area contributed by atoms with Crippen LogP contribution in [0.2, 0.25) is 0 Å². The fourth-order valence-electron chi connectivity index (χ4n) is 2.11. The molecule has 0 radical (unpaired) electrons. The minimum absolute atomic E-state index is 0.167. The van der Waals surface area contributed by atoms with E-state index in [1.54, 1.807) is 13.4 Å². The van der Waals surface area contributed by atoms with Gasteiger partial charge in [-0.05, 0) is 32.0 Å². The topological polar surface area (TPSA) is 34.4 Å². The number of para-hydroxylation sites is 1. The van der Waals surface area contributed by atoms with Gasteiger partial charge in [-0.25, -0.2) is 0 Å². The average Bonchev–Trinajstić information content (AvgIpc) is 2.92. The number of hydrogen-bond acceptors (Lipinski definition) is 3. The van der Waals surface area contributed by atoms with Crippen molar-refractivity contribution in [3.63, 3.8) is 0 Å². The highest BCUT2D eigenvalue weighted by molar-refractivity contribution is 5.35. The largest absolute Gasteiger partial charge is 0.496 e. The maximum atomic E-state index is 5.39. The van der Waals surface area contributed by atoms with Crippen molar-refractivity contribution in [2.45, 2.75) is 25.9 Å². The van der Waals surface area contributed by atoms with Gasteiger partial charge in [-0.3, -0.25) is 0 Å². The van der Waals surface area contributed by atoms with Crippen molar-refractivity contribution in [2.75, 3.05) is 7.11 Å². The van der Waals surface area contributed by atoms with Crippen LogP contribution in [0.1, 0.15) is 37.3 Å². The van der Waals surface area contributed by atoms with E-state index in [4.69, 9.17) is 9.15 Å². The van der Waals surface area contributed by atoms with Gasteiger partial charge in [0.2, 0.25) is 0 Å². The van der Waals surface area contributed by atoms with Crippen molar-refractivity contribution in [1.82, 2.24) is 5.32 Å². The Balaban J connectivity index is 2.09. The highest BCUT2D eigenvalue weighted by atomic mass is 16.5. The molecule has 0 bridgehead atoms. The van der Waals surface area contributed by atoms with Crippen LogP contribution in [-0.2, 0) is 0 Å². The summed E-state index contributed by atoms with van der Waals surface area (Å²) in [5, 5.41) is 3.50. The standard InChI is InChI=1S/C15H19NO2/c1-11(13-7-4-5-8-15(13)17-3)16-12(2)14-9-6-10-18-14/h4-12,16H,1-3H3/t11?,12-/m0/s1. The van der Waals surface area contributed by atoms with Crippen LogP contribution in [0.15, 0.2) is 47.1 Å². The van der Waals surface area contributed by atoms with Crippen LogP contribution in [0.3, 0.4) is 0 Å².